The van der Waals surface area contributed by atoms with E-state index in [2.05, 4.69) is 6.07 Å². The lowest BCUT2D eigenvalue weighted by atomic mass is 9.98. The van der Waals surface area contributed by atoms with Crippen LogP contribution in [0.25, 0.3) is 11.1 Å². The van der Waals surface area contributed by atoms with Gasteiger partial charge in [-0.25, -0.2) is 4.79 Å². The molecule has 1 aromatic carbocycles. The Labute approximate surface area is 92.7 Å². The molecule has 0 aliphatic rings. The van der Waals surface area contributed by atoms with Gasteiger partial charge in [0.2, 0.25) is 0 Å². The molecule has 1 unspecified atom stereocenters. The van der Waals surface area contributed by atoms with E-state index in [0.29, 0.717) is 5.58 Å². The normalized spacial score (nSPS) is 12.6. The number of benzene rings is 1. The standard InChI is InChI=1S/C12H12N2O2/c1-3-8(7-13)9-4-5-10-11(6-9)16-12(15)14(10)2/h4-6,8H,3H2,1-2H3. The van der Waals surface area contributed by atoms with E-state index >= 15 is 0 Å². The second-order valence-electron chi connectivity index (χ2n) is 3.74. The first-order chi connectivity index (χ1) is 7.67. The molecule has 1 atom stereocenters. The molecule has 4 nitrogen and oxygen atoms in total. The molecule has 0 saturated carbocycles. The van der Waals surface area contributed by atoms with Crippen molar-refractivity contribution in [1.29, 1.82) is 5.26 Å². The van der Waals surface area contributed by atoms with E-state index in [1.165, 1.54) is 4.57 Å². The van der Waals surface area contributed by atoms with Gasteiger partial charge in [-0.05, 0) is 24.1 Å². The van der Waals surface area contributed by atoms with E-state index < -0.39 is 0 Å². The summed E-state index contributed by atoms with van der Waals surface area (Å²) in [4.78, 5) is 11.3. The summed E-state index contributed by atoms with van der Waals surface area (Å²) in [6.07, 6.45) is 0.749. The van der Waals surface area contributed by atoms with Crippen molar-refractivity contribution < 1.29 is 4.42 Å². The monoisotopic (exact) mass is 216 g/mol. The van der Waals surface area contributed by atoms with E-state index in [-0.39, 0.29) is 11.7 Å². The number of aromatic nitrogens is 1. The van der Waals surface area contributed by atoms with Crippen LogP contribution in [-0.4, -0.2) is 4.57 Å². The number of fused-ring (bicyclic) bond motifs is 1. The minimum atomic E-state index is -0.378. The largest absolute Gasteiger partial charge is 0.419 e. The van der Waals surface area contributed by atoms with Crippen molar-refractivity contribution >= 4 is 11.1 Å². The van der Waals surface area contributed by atoms with E-state index in [0.717, 1.165) is 17.5 Å². The molecule has 0 aliphatic carbocycles. The van der Waals surface area contributed by atoms with Crippen molar-refractivity contribution in [1.82, 2.24) is 4.57 Å². The Hall–Kier alpha value is -2.02. The predicted molar refractivity (Wildman–Crippen MR) is 60.1 cm³/mol. The summed E-state index contributed by atoms with van der Waals surface area (Å²) in [7, 11) is 1.66. The smallest absolute Gasteiger partial charge is 0.408 e. The van der Waals surface area contributed by atoms with Crippen LogP contribution in [-0.2, 0) is 7.05 Å². The molecule has 0 aliphatic heterocycles. The number of hydrogen-bond acceptors (Lipinski definition) is 3. The first kappa shape index (κ1) is 10.5. The SMILES string of the molecule is CCC(C#N)c1ccc2c(c1)oc(=O)n2C. The second-order valence-corrected chi connectivity index (χ2v) is 3.74. The number of nitrogens with zero attached hydrogens (tertiary/aromatic N) is 2. The highest BCUT2D eigenvalue weighted by molar-refractivity contribution is 5.74. The summed E-state index contributed by atoms with van der Waals surface area (Å²) >= 11 is 0. The average molecular weight is 216 g/mol. The summed E-state index contributed by atoms with van der Waals surface area (Å²) in [5.74, 6) is -0.521. The van der Waals surface area contributed by atoms with Gasteiger partial charge < -0.3 is 4.42 Å². The number of rotatable bonds is 2. The van der Waals surface area contributed by atoms with Crippen LogP contribution in [0.5, 0.6) is 0 Å². The summed E-state index contributed by atoms with van der Waals surface area (Å²) in [5, 5.41) is 8.96. The summed E-state index contributed by atoms with van der Waals surface area (Å²) in [6, 6.07) is 7.68. The van der Waals surface area contributed by atoms with E-state index in [1.807, 2.05) is 19.1 Å². The summed E-state index contributed by atoms with van der Waals surface area (Å²) in [6.45, 7) is 1.96. The summed E-state index contributed by atoms with van der Waals surface area (Å²) < 4.78 is 6.53. The quantitative estimate of drug-likeness (QED) is 0.772. The Balaban J connectivity index is 2.61. The molecule has 0 saturated heterocycles. The molecular weight excluding hydrogens is 204 g/mol. The Bertz CT molecular complexity index is 616. The molecule has 1 aromatic heterocycles. The minimum Gasteiger partial charge on any atom is -0.408 e. The van der Waals surface area contributed by atoms with Gasteiger partial charge in [0.05, 0.1) is 17.5 Å². The number of hydrogen-bond donors (Lipinski definition) is 0. The first-order valence-corrected chi connectivity index (χ1v) is 5.16. The zero-order valence-electron chi connectivity index (χ0n) is 9.23. The number of oxazole rings is 1. The van der Waals surface area contributed by atoms with Crippen LogP contribution in [0.4, 0.5) is 0 Å². The number of aryl methyl sites for hydroxylation is 1. The topological polar surface area (TPSA) is 58.9 Å². The maximum absolute atomic E-state index is 11.3. The van der Waals surface area contributed by atoms with Gasteiger partial charge in [-0.15, -0.1) is 0 Å². The molecule has 4 heteroatoms. The van der Waals surface area contributed by atoms with Gasteiger partial charge in [-0.2, -0.15) is 5.26 Å². The third kappa shape index (κ3) is 1.50. The van der Waals surface area contributed by atoms with Crippen LogP contribution in [0.15, 0.2) is 27.4 Å². The van der Waals surface area contributed by atoms with Gasteiger partial charge >= 0.3 is 5.76 Å². The molecule has 0 radical (unpaired) electrons. The van der Waals surface area contributed by atoms with Crippen LogP contribution in [0.3, 0.4) is 0 Å². The van der Waals surface area contributed by atoms with Crippen LogP contribution >= 0.6 is 0 Å². The summed E-state index contributed by atoms with van der Waals surface area (Å²) in [5.41, 5.74) is 2.19. The van der Waals surface area contributed by atoms with Crippen molar-refractivity contribution in [2.75, 3.05) is 0 Å². The Morgan fingerprint density at radius 2 is 2.31 bits per heavy atom. The van der Waals surface area contributed by atoms with Crippen LogP contribution in [0.1, 0.15) is 24.8 Å². The molecule has 0 amide bonds. The van der Waals surface area contributed by atoms with E-state index in [1.54, 1.807) is 13.1 Å². The molecule has 2 rings (SSSR count). The fourth-order valence-electron chi connectivity index (χ4n) is 1.77. The third-order valence-electron chi connectivity index (χ3n) is 2.78. The fraction of sp³-hybridized carbons (Fsp3) is 0.333. The molecule has 0 bridgehead atoms. The molecule has 2 aromatic rings. The van der Waals surface area contributed by atoms with Gasteiger partial charge in [-0.1, -0.05) is 13.0 Å². The highest BCUT2D eigenvalue weighted by Crippen LogP contribution is 2.22. The molecule has 0 fully saturated rings. The van der Waals surface area contributed by atoms with Gasteiger partial charge in [0.1, 0.15) is 0 Å². The van der Waals surface area contributed by atoms with Crippen LogP contribution in [0.2, 0.25) is 0 Å². The van der Waals surface area contributed by atoms with Crippen LogP contribution < -0.4 is 5.76 Å². The van der Waals surface area contributed by atoms with Gasteiger partial charge in [0.25, 0.3) is 0 Å². The molecular formula is C12H12N2O2. The second kappa shape index (κ2) is 3.86. The minimum absolute atomic E-state index is 0.144. The lowest BCUT2D eigenvalue weighted by Crippen LogP contribution is -2.08. The highest BCUT2D eigenvalue weighted by Gasteiger charge is 2.11. The molecule has 0 N–H and O–H groups in total. The van der Waals surface area contributed by atoms with Crippen molar-refractivity contribution in [2.45, 2.75) is 19.3 Å². The lowest BCUT2D eigenvalue weighted by Gasteiger charge is -2.05. The first-order valence-electron chi connectivity index (χ1n) is 5.16. The third-order valence-corrected chi connectivity index (χ3v) is 2.78. The zero-order chi connectivity index (χ0) is 11.7. The molecule has 16 heavy (non-hydrogen) atoms. The Morgan fingerprint density at radius 1 is 1.56 bits per heavy atom. The molecule has 0 spiro atoms. The van der Waals surface area contributed by atoms with Crippen molar-refractivity contribution in [3.8, 4) is 6.07 Å². The van der Waals surface area contributed by atoms with Crippen molar-refractivity contribution in [2.24, 2.45) is 7.05 Å². The van der Waals surface area contributed by atoms with Crippen molar-refractivity contribution in [3.05, 3.63) is 34.3 Å². The fourth-order valence-corrected chi connectivity index (χ4v) is 1.77. The van der Waals surface area contributed by atoms with Gasteiger partial charge in [0, 0.05) is 7.05 Å². The molecule has 1 heterocycles. The van der Waals surface area contributed by atoms with Gasteiger partial charge in [0.15, 0.2) is 5.58 Å². The van der Waals surface area contributed by atoms with Gasteiger partial charge in [-0.3, -0.25) is 4.57 Å². The maximum atomic E-state index is 11.3. The van der Waals surface area contributed by atoms with Crippen molar-refractivity contribution in [3.63, 3.8) is 0 Å². The highest BCUT2D eigenvalue weighted by atomic mass is 16.4. The zero-order valence-corrected chi connectivity index (χ0v) is 9.23. The Kier molecular flexibility index (Phi) is 2.53. The lowest BCUT2D eigenvalue weighted by molar-refractivity contribution is 0.527. The predicted octanol–water partition coefficient (Wildman–Crippen LogP) is 2.15. The maximum Gasteiger partial charge on any atom is 0.419 e. The van der Waals surface area contributed by atoms with Crippen LogP contribution in [0, 0.1) is 11.3 Å². The van der Waals surface area contributed by atoms with E-state index in [4.69, 9.17) is 9.68 Å². The average Bonchev–Trinajstić information content (AvgIpc) is 2.56. The number of nitriles is 1. The Morgan fingerprint density at radius 3 is 2.94 bits per heavy atom. The van der Waals surface area contributed by atoms with E-state index in [9.17, 15) is 4.79 Å². The molecule has 82 valence electrons.